The Morgan fingerprint density at radius 3 is 0.942 bits per heavy atom. The van der Waals surface area contributed by atoms with Crippen molar-refractivity contribution in [1.29, 1.82) is 0 Å². The molecule has 0 unspecified atom stereocenters. The first-order valence-electron chi connectivity index (χ1n) is 17.0. The summed E-state index contributed by atoms with van der Waals surface area (Å²) in [6.07, 6.45) is 0. The fraction of sp³-hybridized carbons (Fsp3) is 0.120. The highest BCUT2D eigenvalue weighted by Gasteiger charge is 2.05. The number of aryl methyl sites for hydroxylation is 5. The van der Waals surface area contributed by atoms with E-state index in [2.05, 4.69) is 129 Å². The van der Waals surface area contributed by atoms with Crippen LogP contribution in [-0.4, -0.2) is 0 Å². The molecule has 0 spiro atoms. The Balaban J connectivity index is 0.000000202. The predicted octanol–water partition coefficient (Wildman–Crippen LogP) is 11.1. The Labute approximate surface area is 307 Å². The second-order valence-corrected chi connectivity index (χ2v) is 12.7. The third kappa shape index (κ3) is 10.7. The fourth-order valence-electron chi connectivity index (χ4n) is 4.96. The highest BCUT2D eigenvalue weighted by atomic mass is 19.1. The Kier molecular flexibility index (Phi) is 12.3. The molecule has 0 atom stereocenters. The third-order valence-electron chi connectivity index (χ3n) is 8.27. The van der Waals surface area contributed by atoms with Gasteiger partial charge in [-0.3, -0.25) is 0 Å². The Morgan fingerprint density at radius 1 is 0.308 bits per heavy atom. The van der Waals surface area contributed by atoms with Crippen molar-refractivity contribution in [3.8, 4) is 47.4 Å². The molecule has 0 aliphatic heterocycles. The molecule has 0 aromatic heterocycles. The van der Waals surface area contributed by atoms with E-state index in [1.807, 2.05) is 62.4 Å². The fourth-order valence-corrected chi connectivity index (χ4v) is 4.96. The van der Waals surface area contributed by atoms with E-state index in [4.69, 9.17) is 0 Å². The van der Waals surface area contributed by atoms with E-state index >= 15 is 0 Å². The van der Waals surface area contributed by atoms with Crippen molar-refractivity contribution in [1.82, 2.24) is 0 Å². The first-order valence-corrected chi connectivity index (χ1v) is 17.0. The van der Waals surface area contributed by atoms with Crippen LogP contribution in [0.25, 0.3) is 0 Å². The van der Waals surface area contributed by atoms with Gasteiger partial charge in [-0.15, -0.1) is 0 Å². The van der Waals surface area contributed by atoms with Crippen molar-refractivity contribution in [3.05, 3.63) is 211 Å². The number of hydrogen-bond acceptors (Lipinski definition) is 0. The maximum atomic E-state index is 13.6. The van der Waals surface area contributed by atoms with Crippen LogP contribution in [0.15, 0.2) is 121 Å². The van der Waals surface area contributed by atoms with Gasteiger partial charge in [-0.05, 0) is 138 Å². The number of benzene rings is 6. The molecule has 0 bridgehead atoms. The van der Waals surface area contributed by atoms with Gasteiger partial charge in [0.2, 0.25) is 0 Å². The van der Waals surface area contributed by atoms with Crippen LogP contribution in [0.3, 0.4) is 0 Å². The zero-order chi connectivity index (χ0) is 37.0. The first-order chi connectivity index (χ1) is 25.0. The molecule has 6 aromatic rings. The van der Waals surface area contributed by atoms with Crippen molar-refractivity contribution in [2.45, 2.75) is 41.5 Å². The molecule has 6 rings (SSSR count). The highest BCUT2D eigenvalue weighted by molar-refractivity contribution is 5.53. The van der Waals surface area contributed by atoms with Gasteiger partial charge in [-0.2, -0.15) is 0 Å². The van der Waals surface area contributed by atoms with Crippen LogP contribution in [0.4, 0.5) is 8.78 Å². The summed E-state index contributed by atoms with van der Waals surface area (Å²) in [6, 6.07) is 39.0. The minimum atomic E-state index is -0.586. The van der Waals surface area contributed by atoms with Crippen LogP contribution in [0.5, 0.6) is 0 Å². The Hall–Kier alpha value is -6.58. The van der Waals surface area contributed by atoms with Gasteiger partial charge >= 0.3 is 0 Å². The average molecular weight is 677 g/mol. The van der Waals surface area contributed by atoms with Gasteiger partial charge in [-0.25, -0.2) is 8.78 Å². The lowest BCUT2D eigenvalue weighted by Gasteiger charge is -2.00. The van der Waals surface area contributed by atoms with Crippen molar-refractivity contribution in [2.75, 3.05) is 0 Å². The van der Waals surface area contributed by atoms with Crippen LogP contribution >= 0.6 is 0 Å². The SMILES string of the molecule is Cc1ccc(C#Cc2ccc(C#Cc3cc(F)c(C)c(F)c3)cc2C)cc1.Cc1ccc(C#Cc2ccc(C#Cc3ccc(C)cc3)c(C)c2)cc1. The maximum Gasteiger partial charge on any atom is 0.130 e. The van der Waals surface area contributed by atoms with Gasteiger partial charge in [-0.1, -0.05) is 100 Å². The number of rotatable bonds is 0. The summed E-state index contributed by atoms with van der Waals surface area (Å²) < 4.78 is 27.2. The molecule has 6 aromatic carbocycles. The molecule has 0 aliphatic carbocycles. The lowest BCUT2D eigenvalue weighted by atomic mass is 10.0. The van der Waals surface area contributed by atoms with Crippen LogP contribution in [0, 0.1) is 101 Å². The molecule has 0 nitrogen and oxygen atoms in total. The zero-order valence-corrected chi connectivity index (χ0v) is 30.3. The maximum absolute atomic E-state index is 13.6. The van der Waals surface area contributed by atoms with Crippen LogP contribution < -0.4 is 0 Å². The lowest BCUT2D eigenvalue weighted by Crippen LogP contribution is -1.90. The van der Waals surface area contributed by atoms with Crippen molar-refractivity contribution in [3.63, 3.8) is 0 Å². The van der Waals surface area contributed by atoms with E-state index in [-0.39, 0.29) is 5.56 Å². The molecule has 0 heterocycles. The predicted molar refractivity (Wildman–Crippen MR) is 211 cm³/mol. The summed E-state index contributed by atoms with van der Waals surface area (Å²) in [4.78, 5) is 0. The molecule has 0 fully saturated rings. The summed E-state index contributed by atoms with van der Waals surface area (Å²) in [6.45, 7) is 11.7. The standard InChI is InChI=1S/C25H18F2.C25H20/c1-17-4-6-20(7-5-17)10-12-23-13-11-21(14-18(23)2)8-9-22-15-24(26)19(3)25(27)16-22;1-19-4-8-22(9-5-19)12-13-24-15-17-25(21(3)18-24)16-14-23-10-6-20(2)7-11-23/h4-7,11,13-16H,1-3H3;4-11,15,17-18H,1-3H3. The first kappa shape index (κ1) is 36.7. The van der Waals surface area contributed by atoms with E-state index in [9.17, 15) is 8.78 Å². The van der Waals surface area contributed by atoms with Crippen LogP contribution in [-0.2, 0) is 0 Å². The quantitative estimate of drug-likeness (QED) is 0.141. The number of halogens is 2. The third-order valence-corrected chi connectivity index (χ3v) is 8.27. The monoisotopic (exact) mass is 676 g/mol. The Bertz CT molecular complexity index is 2450. The molecular formula is C50H38F2. The van der Waals surface area contributed by atoms with Crippen molar-refractivity contribution in [2.24, 2.45) is 0 Å². The number of hydrogen-bond donors (Lipinski definition) is 0. The summed E-state index contributed by atoms with van der Waals surface area (Å²) >= 11 is 0. The van der Waals surface area contributed by atoms with E-state index in [1.54, 1.807) is 0 Å². The Morgan fingerprint density at radius 2 is 0.596 bits per heavy atom. The van der Waals surface area contributed by atoms with Gasteiger partial charge < -0.3 is 0 Å². The summed E-state index contributed by atoms with van der Waals surface area (Å²) in [5.41, 5.74) is 13.0. The van der Waals surface area contributed by atoms with Crippen LogP contribution in [0.1, 0.15) is 77.9 Å². The van der Waals surface area contributed by atoms with Crippen LogP contribution in [0.2, 0.25) is 0 Å². The van der Waals surface area contributed by atoms with Crippen molar-refractivity contribution < 1.29 is 8.78 Å². The molecule has 0 amide bonds. The minimum Gasteiger partial charge on any atom is -0.207 e. The minimum absolute atomic E-state index is 0.00731. The normalized spacial score (nSPS) is 9.69. The highest BCUT2D eigenvalue weighted by Crippen LogP contribution is 2.15. The second kappa shape index (κ2) is 17.4. The van der Waals surface area contributed by atoms with E-state index in [1.165, 1.54) is 35.7 Å². The van der Waals surface area contributed by atoms with Gasteiger partial charge in [0.1, 0.15) is 11.6 Å². The summed E-state index contributed by atoms with van der Waals surface area (Å²) in [5.74, 6) is 23.8. The van der Waals surface area contributed by atoms with Gasteiger partial charge in [0.15, 0.2) is 0 Å². The molecular weight excluding hydrogens is 639 g/mol. The lowest BCUT2D eigenvalue weighted by molar-refractivity contribution is 0.567. The second-order valence-electron chi connectivity index (χ2n) is 12.7. The molecule has 0 N–H and O–H groups in total. The zero-order valence-electron chi connectivity index (χ0n) is 30.3. The summed E-state index contributed by atoms with van der Waals surface area (Å²) in [5, 5.41) is 0. The largest absolute Gasteiger partial charge is 0.207 e. The average Bonchev–Trinajstić information content (AvgIpc) is 3.13. The molecule has 0 aliphatic rings. The van der Waals surface area contributed by atoms with Gasteiger partial charge in [0, 0.05) is 50.1 Å². The molecule has 52 heavy (non-hydrogen) atoms. The van der Waals surface area contributed by atoms with E-state index in [0.29, 0.717) is 5.56 Å². The van der Waals surface area contributed by atoms with E-state index in [0.717, 1.165) is 50.1 Å². The van der Waals surface area contributed by atoms with Gasteiger partial charge in [0.25, 0.3) is 0 Å². The molecule has 0 radical (unpaired) electrons. The molecule has 252 valence electrons. The van der Waals surface area contributed by atoms with E-state index < -0.39 is 11.6 Å². The van der Waals surface area contributed by atoms with Crippen molar-refractivity contribution >= 4 is 0 Å². The molecule has 2 heteroatoms. The summed E-state index contributed by atoms with van der Waals surface area (Å²) in [7, 11) is 0. The van der Waals surface area contributed by atoms with Gasteiger partial charge in [0.05, 0.1) is 0 Å². The smallest absolute Gasteiger partial charge is 0.130 e. The molecule has 0 saturated carbocycles. The molecule has 0 saturated heterocycles. The topological polar surface area (TPSA) is 0 Å².